The molecule has 4 heteroatoms. The maximum atomic E-state index is 11.3. The monoisotopic (exact) mass is 236 g/mol. The van der Waals surface area contributed by atoms with E-state index in [0.29, 0.717) is 18.4 Å². The minimum absolute atomic E-state index is 0.304. The standard InChI is InChI=1S/C13H20N2O2/c14-7-3-4-8-15-11-6-2-1-5-10(11)9-12(15)13(16)17/h10-12H,1-6,8-9H2,(H,16,17). The van der Waals surface area contributed by atoms with E-state index in [0.717, 1.165) is 25.8 Å². The van der Waals surface area contributed by atoms with Gasteiger partial charge in [0.05, 0.1) is 6.07 Å². The summed E-state index contributed by atoms with van der Waals surface area (Å²) >= 11 is 0. The molecule has 1 aliphatic carbocycles. The summed E-state index contributed by atoms with van der Waals surface area (Å²) in [6.07, 6.45) is 6.93. The zero-order valence-electron chi connectivity index (χ0n) is 10.1. The van der Waals surface area contributed by atoms with Gasteiger partial charge in [0.1, 0.15) is 6.04 Å². The molecule has 17 heavy (non-hydrogen) atoms. The molecule has 0 bridgehead atoms. The van der Waals surface area contributed by atoms with Crippen LogP contribution in [0, 0.1) is 17.2 Å². The van der Waals surface area contributed by atoms with Crippen LogP contribution in [0.15, 0.2) is 0 Å². The zero-order valence-corrected chi connectivity index (χ0v) is 10.1. The van der Waals surface area contributed by atoms with Crippen molar-refractivity contribution >= 4 is 5.97 Å². The van der Waals surface area contributed by atoms with Crippen molar-refractivity contribution in [2.45, 2.75) is 57.0 Å². The molecule has 0 amide bonds. The molecule has 4 nitrogen and oxygen atoms in total. The van der Waals surface area contributed by atoms with Crippen LogP contribution in [-0.4, -0.2) is 34.6 Å². The summed E-state index contributed by atoms with van der Waals surface area (Å²) in [4.78, 5) is 13.4. The van der Waals surface area contributed by atoms with E-state index in [-0.39, 0.29) is 6.04 Å². The summed E-state index contributed by atoms with van der Waals surface area (Å²) in [5, 5.41) is 17.8. The Morgan fingerprint density at radius 1 is 1.41 bits per heavy atom. The zero-order chi connectivity index (χ0) is 12.3. The second-order valence-corrected chi connectivity index (χ2v) is 5.20. The summed E-state index contributed by atoms with van der Waals surface area (Å²) < 4.78 is 0. The Morgan fingerprint density at radius 3 is 2.88 bits per heavy atom. The molecule has 0 spiro atoms. The van der Waals surface area contributed by atoms with E-state index in [2.05, 4.69) is 11.0 Å². The number of nitriles is 1. The molecule has 2 fully saturated rings. The first-order valence-electron chi connectivity index (χ1n) is 6.59. The van der Waals surface area contributed by atoms with E-state index in [1.165, 1.54) is 19.3 Å². The number of carboxylic acids is 1. The summed E-state index contributed by atoms with van der Waals surface area (Å²) in [5.41, 5.74) is 0. The predicted octanol–water partition coefficient (Wildman–Crippen LogP) is 2.01. The fourth-order valence-electron chi connectivity index (χ4n) is 3.46. The molecule has 1 saturated carbocycles. The van der Waals surface area contributed by atoms with E-state index in [4.69, 9.17) is 5.26 Å². The van der Waals surface area contributed by atoms with Crippen molar-refractivity contribution in [3.05, 3.63) is 0 Å². The van der Waals surface area contributed by atoms with Gasteiger partial charge in [-0.3, -0.25) is 9.69 Å². The second-order valence-electron chi connectivity index (χ2n) is 5.20. The maximum absolute atomic E-state index is 11.3. The molecule has 0 radical (unpaired) electrons. The molecule has 1 saturated heterocycles. The number of aliphatic carboxylic acids is 1. The van der Waals surface area contributed by atoms with Crippen molar-refractivity contribution in [1.29, 1.82) is 5.26 Å². The fraction of sp³-hybridized carbons (Fsp3) is 0.846. The number of carboxylic acid groups (broad SMARTS) is 1. The van der Waals surface area contributed by atoms with Crippen molar-refractivity contribution in [3.63, 3.8) is 0 Å². The van der Waals surface area contributed by atoms with E-state index in [9.17, 15) is 9.90 Å². The van der Waals surface area contributed by atoms with Crippen molar-refractivity contribution in [2.24, 2.45) is 5.92 Å². The summed E-state index contributed by atoms with van der Waals surface area (Å²) in [5.74, 6) is -0.108. The first-order chi connectivity index (χ1) is 8.24. The quantitative estimate of drug-likeness (QED) is 0.758. The average Bonchev–Trinajstić information content (AvgIpc) is 2.69. The van der Waals surface area contributed by atoms with Crippen molar-refractivity contribution < 1.29 is 9.90 Å². The summed E-state index contributed by atoms with van der Waals surface area (Å²) in [7, 11) is 0. The van der Waals surface area contributed by atoms with Gasteiger partial charge in [-0.05, 0) is 31.6 Å². The Labute approximate surface area is 102 Å². The molecule has 0 aromatic heterocycles. The molecule has 1 aliphatic heterocycles. The van der Waals surface area contributed by atoms with Crippen LogP contribution in [-0.2, 0) is 4.79 Å². The van der Waals surface area contributed by atoms with Gasteiger partial charge >= 0.3 is 5.97 Å². The second kappa shape index (κ2) is 5.50. The van der Waals surface area contributed by atoms with Crippen LogP contribution >= 0.6 is 0 Å². The number of nitrogens with zero attached hydrogens (tertiary/aromatic N) is 2. The highest BCUT2D eigenvalue weighted by Gasteiger charge is 2.44. The molecule has 0 aromatic carbocycles. The molecule has 94 valence electrons. The Bertz CT molecular complexity index is 324. The van der Waals surface area contributed by atoms with Crippen LogP contribution in [0.4, 0.5) is 0 Å². The first-order valence-corrected chi connectivity index (χ1v) is 6.59. The molecular weight excluding hydrogens is 216 g/mol. The van der Waals surface area contributed by atoms with Gasteiger partial charge in [0.15, 0.2) is 0 Å². The normalized spacial score (nSPS) is 33.0. The van der Waals surface area contributed by atoms with Crippen LogP contribution in [0.5, 0.6) is 0 Å². The smallest absolute Gasteiger partial charge is 0.320 e. The fourth-order valence-corrected chi connectivity index (χ4v) is 3.46. The minimum atomic E-state index is -0.684. The van der Waals surface area contributed by atoms with E-state index < -0.39 is 5.97 Å². The minimum Gasteiger partial charge on any atom is -0.480 e. The number of carbonyl (C=O) groups is 1. The highest BCUT2D eigenvalue weighted by Crippen LogP contribution is 2.39. The molecule has 3 unspecified atom stereocenters. The maximum Gasteiger partial charge on any atom is 0.320 e. The average molecular weight is 236 g/mol. The molecule has 1 heterocycles. The number of fused-ring (bicyclic) bond motifs is 1. The van der Waals surface area contributed by atoms with Gasteiger partial charge in [-0.25, -0.2) is 0 Å². The van der Waals surface area contributed by atoms with Gasteiger partial charge in [-0.1, -0.05) is 12.8 Å². The van der Waals surface area contributed by atoms with Crippen LogP contribution in [0.1, 0.15) is 44.9 Å². The Kier molecular flexibility index (Phi) is 4.01. The third-order valence-electron chi connectivity index (χ3n) is 4.21. The van der Waals surface area contributed by atoms with Crippen LogP contribution in [0.2, 0.25) is 0 Å². The molecule has 3 atom stereocenters. The van der Waals surface area contributed by atoms with Gasteiger partial charge in [0, 0.05) is 19.0 Å². The highest BCUT2D eigenvalue weighted by molar-refractivity contribution is 5.74. The van der Waals surface area contributed by atoms with E-state index in [1.807, 2.05) is 0 Å². The third-order valence-corrected chi connectivity index (χ3v) is 4.21. The van der Waals surface area contributed by atoms with Crippen molar-refractivity contribution in [1.82, 2.24) is 4.90 Å². The lowest BCUT2D eigenvalue weighted by Gasteiger charge is -2.32. The molecule has 2 aliphatic rings. The number of rotatable bonds is 4. The molecular formula is C13H20N2O2. The Morgan fingerprint density at radius 2 is 2.18 bits per heavy atom. The van der Waals surface area contributed by atoms with Crippen molar-refractivity contribution in [2.75, 3.05) is 6.54 Å². The van der Waals surface area contributed by atoms with Crippen LogP contribution < -0.4 is 0 Å². The van der Waals surface area contributed by atoms with Gasteiger partial charge in [-0.2, -0.15) is 5.26 Å². The third kappa shape index (κ3) is 2.61. The Balaban J connectivity index is 2.01. The van der Waals surface area contributed by atoms with E-state index in [1.54, 1.807) is 0 Å². The number of unbranched alkanes of at least 4 members (excludes halogenated alkanes) is 1. The SMILES string of the molecule is N#CCCCN1C(C(=O)O)CC2CCCCC21. The highest BCUT2D eigenvalue weighted by atomic mass is 16.4. The largest absolute Gasteiger partial charge is 0.480 e. The molecule has 1 N–H and O–H groups in total. The summed E-state index contributed by atoms with van der Waals surface area (Å²) in [6, 6.07) is 2.29. The molecule has 0 aromatic rings. The van der Waals surface area contributed by atoms with Crippen molar-refractivity contribution in [3.8, 4) is 6.07 Å². The molecule has 2 rings (SSSR count). The number of hydrogen-bond acceptors (Lipinski definition) is 3. The van der Waals surface area contributed by atoms with Gasteiger partial charge < -0.3 is 5.11 Å². The number of likely N-dealkylation sites (tertiary alicyclic amines) is 1. The topological polar surface area (TPSA) is 64.3 Å². The van der Waals surface area contributed by atoms with Gasteiger partial charge in [0.25, 0.3) is 0 Å². The lowest BCUT2D eigenvalue weighted by Crippen LogP contribution is -2.42. The predicted molar refractivity (Wildman–Crippen MR) is 63.3 cm³/mol. The number of hydrogen-bond donors (Lipinski definition) is 1. The lowest BCUT2D eigenvalue weighted by molar-refractivity contribution is -0.142. The van der Waals surface area contributed by atoms with Gasteiger partial charge in [-0.15, -0.1) is 0 Å². The summed E-state index contributed by atoms with van der Waals surface area (Å²) in [6.45, 7) is 0.770. The van der Waals surface area contributed by atoms with Crippen LogP contribution in [0.25, 0.3) is 0 Å². The van der Waals surface area contributed by atoms with Crippen LogP contribution in [0.3, 0.4) is 0 Å². The lowest BCUT2D eigenvalue weighted by atomic mass is 9.85. The van der Waals surface area contributed by atoms with E-state index >= 15 is 0 Å². The first kappa shape index (κ1) is 12.4. The van der Waals surface area contributed by atoms with Gasteiger partial charge in [0.2, 0.25) is 0 Å². The Hall–Kier alpha value is -1.08.